The summed E-state index contributed by atoms with van der Waals surface area (Å²) in [5, 5.41) is 0. The van der Waals surface area contributed by atoms with E-state index in [-0.39, 0.29) is 24.8 Å². The van der Waals surface area contributed by atoms with Crippen molar-refractivity contribution in [1.29, 1.82) is 0 Å². The highest BCUT2D eigenvalue weighted by atomic mass is 79.9. The monoisotopic (exact) mass is 331 g/mol. The molecule has 1 heterocycles. The molecule has 1 aromatic rings. The molecule has 0 saturated heterocycles. The van der Waals surface area contributed by atoms with Gasteiger partial charge in [-0.15, -0.1) is 11.6 Å². The smallest absolute Gasteiger partial charge is 0.389 e. The number of hydrogen-bond acceptors (Lipinski definition) is 2. The lowest BCUT2D eigenvalue weighted by molar-refractivity contribution is -0.136. The number of rotatable bonds is 5. The van der Waals surface area contributed by atoms with Crippen LogP contribution in [-0.4, -0.2) is 17.8 Å². The van der Waals surface area contributed by atoms with E-state index in [0.717, 1.165) is 4.47 Å². The van der Waals surface area contributed by atoms with Gasteiger partial charge in [-0.2, -0.15) is 13.2 Å². The maximum atomic E-state index is 11.9. The van der Waals surface area contributed by atoms with Crippen LogP contribution in [0.15, 0.2) is 16.7 Å². The fourth-order valence-electron chi connectivity index (χ4n) is 1.14. The Morgan fingerprint density at radius 2 is 2.12 bits per heavy atom. The van der Waals surface area contributed by atoms with Crippen molar-refractivity contribution in [2.75, 3.05) is 6.61 Å². The molecule has 0 radical (unpaired) electrons. The van der Waals surface area contributed by atoms with Crippen molar-refractivity contribution in [3.05, 3.63) is 22.3 Å². The van der Waals surface area contributed by atoms with Gasteiger partial charge in [-0.25, -0.2) is 4.98 Å². The molecule has 0 unspecified atom stereocenters. The van der Waals surface area contributed by atoms with E-state index in [0.29, 0.717) is 5.56 Å². The van der Waals surface area contributed by atoms with Gasteiger partial charge in [0.05, 0.1) is 12.5 Å². The van der Waals surface area contributed by atoms with Gasteiger partial charge in [0.15, 0.2) is 0 Å². The number of halogens is 5. The Hall–Kier alpha value is -0.490. The zero-order valence-electron chi connectivity index (χ0n) is 8.73. The number of aromatic nitrogens is 1. The molecule has 0 aliphatic heterocycles. The minimum Gasteiger partial charge on any atom is -0.477 e. The largest absolute Gasteiger partial charge is 0.477 e. The summed E-state index contributed by atoms with van der Waals surface area (Å²) in [5.74, 6) is 0.478. The molecule has 96 valence electrons. The van der Waals surface area contributed by atoms with Crippen LogP contribution >= 0.6 is 27.5 Å². The van der Waals surface area contributed by atoms with Crippen molar-refractivity contribution >= 4 is 27.5 Å². The topological polar surface area (TPSA) is 22.1 Å². The lowest BCUT2D eigenvalue weighted by Gasteiger charge is -2.10. The highest BCUT2D eigenvalue weighted by molar-refractivity contribution is 9.10. The normalized spacial score (nSPS) is 11.6. The number of nitrogens with zero attached hydrogens (tertiary/aromatic N) is 1. The molecular formula is C10H10BrClF3NO. The summed E-state index contributed by atoms with van der Waals surface area (Å²) < 4.78 is 41.6. The third kappa shape index (κ3) is 5.59. The Bertz CT molecular complexity index is 373. The van der Waals surface area contributed by atoms with Gasteiger partial charge in [-0.05, 0) is 28.4 Å². The van der Waals surface area contributed by atoms with Gasteiger partial charge >= 0.3 is 6.18 Å². The second-order valence-corrected chi connectivity index (χ2v) is 4.50. The van der Waals surface area contributed by atoms with Crippen molar-refractivity contribution in [2.45, 2.75) is 24.9 Å². The molecule has 0 amide bonds. The first-order valence-corrected chi connectivity index (χ1v) is 6.15. The average molecular weight is 333 g/mol. The number of hydrogen-bond donors (Lipinski definition) is 0. The fraction of sp³-hybridized carbons (Fsp3) is 0.500. The van der Waals surface area contributed by atoms with Gasteiger partial charge in [0, 0.05) is 22.7 Å². The predicted molar refractivity (Wildman–Crippen MR) is 62.3 cm³/mol. The van der Waals surface area contributed by atoms with Crippen LogP contribution in [0.1, 0.15) is 18.4 Å². The van der Waals surface area contributed by atoms with Gasteiger partial charge in [-0.3, -0.25) is 0 Å². The summed E-state index contributed by atoms with van der Waals surface area (Å²) in [7, 11) is 0. The Morgan fingerprint density at radius 1 is 1.41 bits per heavy atom. The van der Waals surface area contributed by atoms with Gasteiger partial charge < -0.3 is 4.74 Å². The summed E-state index contributed by atoms with van der Waals surface area (Å²) in [4.78, 5) is 3.95. The van der Waals surface area contributed by atoms with Crippen molar-refractivity contribution in [1.82, 2.24) is 4.98 Å². The average Bonchev–Trinajstić information content (AvgIpc) is 2.24. The van der Waals surface area contributed by atoms with Crippen LogP contribution in [0.2, 0.25) is 0 Å². The molecule has 0 aliphatic rings. The quantitative estimate of drug-likeness (QED) is 0.592. The lowest BCUT2D eigenvalue weighted by Crippen LogP contribution is -2.10. The summed E-state index contributed by atoms with van der Waals surface area (Å²) in [6.45, 7) is -0.0297. The van der Waals surface area contributed by atoms with E-state index in [9.17, 15) is 13.2 Å². The highest BCUT2D eigenvalue weighted by Gasteiger charge is 2.26. The molecule has 2 nitrogen and oxygen atoms in total. The van der Waals surface area contributed by atoms with E-state index in [1.54, 1.807) is 6.07 Å². The predicted octanol–water partition coefficient (Wildman–Crippen LogP) is 4.30. The molecule has 7 heteroatoms. The van der Waals surface area contributed by atoms with Crippen molar-refractivity contribution < 1.29 is 17.9 Å². The number of ether oxygens (including phenoxy) is 1. The molecule has 1 rings (SSSR count). The molecule has 0 spiro atoms. The van der Waals surface area contributed by atoms with Gasteiger partial charge in [0.25, 0.3) is 0 Å². The van der Waals surface area contributed by atoms with E-state index >= 15 is 0 Å². The molecule has 0 N–H and O–H groups in total. The first-order valence-electron chi connectivity index (χ1n) is 4.82. The molecule has 0 aliphatic carbocycles. The second kappa shape index (κ2) is 6.44. The molecular weight excluding hydrogens is 322 g/mol. The van der Waals surface area contributed by atoms with Crippen LogP contribution in [0.25, 0.3) is 0 Å². The van der Waals surface area contributed by atoms with Crippen molar-refractivity contribution in [3.63, 3.8) is 0 Å². The van der Waals surface area contributed by atoms with Crippen LogP contribution < -0.4 is 4.74 Å². The number of alkyl halides is 4. The van der Waals surface area contributed by atoms with Gasteiger partial charge in [0.2, 0.25) is 5.88 Å². The molecule has 1 aromatic heterocycles. The van der Waals surface area contributed by atoms with E-state index in [1.165, 1.54) is 6.20 Å². The van der Waals surface area contributed by atoms with Crippen molar-refractivity contribution in [2.24, 2.45) is 0 Å². The minimum atomic E-state index is -4.15. The minimum absolute atomic E-state index is 0.0297. The summed E-state index contributed by atoms with van der Waals surface area (Å²) in [6, 6.07) is 1.72. The van der Waals surface area contributed by atoms with Crippen LogP contribution in [0.5, 0.6) is 5.88 Å². The van der Waals surface area contributed by atoms with Crippen LogP contribution in [0.4, 0.5) is 13.2 Å². The summed E-state index contributed by atoms with van der Waals surface area (Å²) in [5.41, 5.74) is 0.646. The van der Waals surface area contributed by atoms with Crippen LogP contribution in [0.3, 0.4) is 0 Å². The van der Waals surface area contributed by atoms with E-state index in [2.05, 4.69) is 20.9 Å². The number of pyridine rings is 1. The van der Waals surface area contributed by atoms with E-state index in [1.807, 2.05) is 0 Å². The molecule has 0 bridgehead atoms. The Balaban J connectivity index is 2.46. The van der Waals surface area contributed by atoms with Gasteiger partial charge in [0.1, 0.15) is 0 Å². The molecule has 0 aromatic carbocycles. The maximum Gasteiger partial charge on any atom is 0.389 e. The van der Waals surface area contributed by atoms with Crippen LogP contribution in [0, 0.1) is 0 Å². The van der Waals surface area contributed by atoms with Gasteiger partial charge in [-0.1, -0.05) is 0 Å². The Morgan fingerprint density at radius 3 is 2.71 bits per heavy atom. The van der Waals surface area contributed by atoms with E-state index < -0.39 is 12.6 Å². The zero-order valence-corrected chi connectivity index (χ0v) is 11.1. The molecule has 0 atom stereocenters. The molecule has 0 saturated carbocycles. The first kappa shape index (κ1) is 14.6. The Kier molecular flexibility index (Phi) is 5.52. The fourth-order valence-corrected chi connectivity index (χ4v) is 1.71. The Labute approximate surface area is 110 Å². The van der Waals surface area contributed by atoms with Crippen molar-refractivity contribution in [3.8, 4) is 5.88 Å². The first-order chi connectivity index (χ1) is 7.92. The highest BCUT2D eigenvalue weighted by Crippen LogP contribution is 2.24. The zero-order chi connectivity index (χ0) is 12.9. The second-order valence-electron chi connectivity index (χ2n) is 3.32. The third-order valence-corrected chi connectivity index (χ3v) is 2.60. The van der Waals surface area contributed by atoms with E-state index in [4.69, 9.17) is 16.3 Å². The third-order valence-electron chi connectivity index (χ3n) is 1.88. The SMILES string of the molecule is FC(F)(F)CCCOc1ncc(Br)cc1CCl. The van der Waals surface area contributed by atoms with Crippen LogP contribution in [-0.2, 0) is 5.88 Å². The maximum absolute atomic E-state index is 11.9. The summed E-state index contributed by atoms with van der Waals surface area (Å²) >= 11 is 8.89. The molecule has 17 heavy (non-hydrogen) atoms. The molecule has 0 fully saturated rings. The summed E-state index contributed by atoms with van der Waals surface area (Å²) in [6.07, 6.45) is -3.59. The lowest BCUT2D eigenvalue weighted by atomic mass is 10.3. The standard InChI is InChI=1S/C10H10BrClF3NO/c11-8-4-7(5-12)9(16-6-8)17-3-1-2-10(13,14)15/h4,6H,1-3,5H2.